The Morgan fingerprint density at radius 2 is 1.27 bits per heavy atom. The molecule has 1 aliphatic heterocycles. The van der Waals surface area contributed by atoms with E-state index in [4.69, 9.17) is 32.5 Å². The third-order valence-electron chi connectivity index (χ3n) is 9.34. The minimum atomic E-state index is -2.35. The fraction of sp³-hybridized carbons (Fsp3) is 0.500. The van der Waals surface area contributed by atoms with Crippen molar-refractivity contribution >= 4 is 55.2 Å². The maximum absolute atomic E-state index is 13.3. The Balaban J connectivity index is 1.35. The van der Waals surface area contributed by atoms with Gasteiger partial charge in [-0.1, -0.05) is 35.9 Å². The van der Waals surface area contributed by atoms with Gasteiger partial charge in [-0.25, -0.2) is 9.97 Å². The molecule has 0 aliphatic carbocycles. The number of carbonyl (C=O) groups excluding carboxylic acids is 3. The van der Waals surface area contributed by atoms with Crippen molar-refractivity contribution in [3.05, 3.63) is 70.5 Å². The van der Waals surface area contributed by atoms with Crippen LogP contribution in [0.15, 0.2) is 48.5 Å². The second-order valence-corrected chi connectivity index (χ2v) is 22.7. The Morgan fingerprint density at radius 1 is 0.786 bits per heavy atom. The number of halogens is 1. The van der Waals surface area contributed by atoms with Crippen LogP contribution in [0.5, 0.6) is 11.5 Å². The highest BCUT2D eigenvalue weighted by molar-refractivity contribution is 7.62. The molecule has 2 heterocycles. The fourth-order valence-corrected chi connectivity index (χ4v) is 7.76. The highest BCUT2D eigenvalue weighted by atomic mass is 35.5. The lowest BCUT2D eigenvalue weighted by atomic mass is 9.99. The average molecular weight is 834 g/mol. The molecule has 2 aromatic carbocycles. The van der Waals surface area contributed by atoms with Gasteiger partial charge in [0.2, 0.25) is 0 Å². The van der Waals surface area contributed by atoms with Crippen LogP contribution in [0.1, 0.15) is 47.3 Å². The van der Waals surface area contributed by atoms with E-state index in [1.54, 1.807) is 26.7 Å². The standard InChI is InChI=1S/C38H55ClN8O7P2/c1-55(2,51)25-42-32(48)23-53-30-15-11-27(12-16-30)8-5-19-47(21-7-10-29(22-47)44-38(50)34-36(40)46-37(41)35(39)45-34)20-6-9-28-13-17-31(18-14-28)54-24-33(49)43-26-56(3,4)52/h11-18,29H,5-10,19-26H2,1-4H3,(H6-,40,41,42,43,44,46,48,49,50)/p+1/t29-/m0/s1. The van der Waals surface area contributed by atoms with Crippen LogP contribution in [-0.2, 0) is 31.6 Å². The first kappa shape index (κ1) is 44.6. The maximum Gasteiger partial charge on any atom is 0.274 e. The number of hydrogen-bond acceptors (Lipinski definition) is 11. The summed E-state index contributed by atoms with van der Waals surface area (Å²) in [6.07, 6.45) is 5.52. The zero-order valence-electron chi connectivity index (χ0n) is 32.7. The van der Waals surface area contributed by atoms with Crippen molar-refractivity contribution in [2.24, 2.45) is 0 Å². The normalized spacial score (nSPS) is 15.4. The summed E-state index contributed by atoms with van der Waals surface area (Å²) in [6, 6.07) is 15.3. The molecule has 0 bridgehead atoms. The minimum Gasteiger partial charge on any atom is -0.484 e. The van der Waals surface area contributed by atoms with Gasteiger partial charge in [-0.3, -0.25) is 14.4 Å². The molecule has 4 rings (SSSR count). The molecule has 0 unspecified atom stereocenters. The van der Waals surface area contributed by atoms with Gasteiger partial charge >= 0.3 is 0 Å². The van der Waals surface area contributed by atoms with E-state index in [-0.39, 0.29) is 66.1 Å². The smallest absolute Gasteiger partial charge is 0.274 e. The number of rotatable bonds is 20. The highest BCUT2D eigenvalue weighted by Crippen LogP contribution is 2.34. The monoisotopic (exact) mass is 833 g/mol. The van der Waals surface area contributed by atoms with Crippen molar-refractivity contribution < 1.29 is 37.5 Å². The van der Waals surface area contributed by atoms with Gasteiger partial charge in [0.15, 0.2) is 35.7 Å². The first-order chi connectivity index (χ1) is 26.4. The molecular weight excluding hydrogens is 778 g/mol. The van der Waals surface area contributed by atoms with Crippen LogP contribution in [0.2, 0.25) is 5.15 Å². The predicted octanol–water partition coefficient (Wildman–Crippen LogP) is 4.42. The first-order valence-electron chi connectivity index (χ1n) is 18.7. The largest absolute Gasteiger partial charge is 0.484 e. The number of nitrogens with one attached hydrogen (secondary N) is 3. The van der Waals surface area contributed by atoms with Crippen molar-refractivity contribution in [1.82, 2.24) is 25.9 Å². The van der Waals surface area contributed by atoms with Crippen LogP contribution in [-0.4, -0.2) is 117 Å². The summed E-state index contributed by atoms with van der Waals surface area (Å²) in [4.78, 5) is 45.5. The molecular formula is C38H56ClN8O7P2+. The van der Waals surface area contributed by atoms with E-state index in [1.807, 2.05) is 48.5 Å². The Bertz CT molecular complexity index is 1810. The molecule has 0 saturated carbocycles. The molecule has 1 aliphatic rings. The van der Waals surface area contributed by atoms with E-state index < -0.39 is 20.2 Å². The van der Waals surface area contributed by atoms with Gasteiger partial charge in [0.1, 0.15) is 11.5 Å². The summed E-state index contributed by atoms with van der Waals surface area (Å²) >= 11 is 6.06. The van der Waals surface area contributed by atoms with Crippen LogP contribution in [0.25, 0.3) is 0 Å². The number of ether oxygens (including phenoxy) is 2. The number of nitrogen functional groups attached to an aromatic ring is 2. The van der Waals surface area contributed by atoms with Gasteiger partial charge in [0.05, 0.1) is 59.1 Å². The summed E-state index contributed by atoms with van der Waals surface area (Å²) in [5.74, 6) is -0.0185. The van der Waals surface area contributed by atoms with Crippen LogP contribution >= 0.6 is 25.9 Å². The Hall–Kier alpha value is -4.16. The number of piperidine rings is 1. The number of anilines is 2. The molecule has 3 amide bonds. The van der Waals surface area contributed by atoms with Crippen LogP contribution in [0.4, 0.5) is 11.6 Å². The van der Waals surface area contributed by atoms with E-state index in [0.29, 0.717) is 11.5 Å². The first-order valence-corrected chi connectivity index (χ1v) is 24.6. The molecule has 1 aromatic heterocycles. The van der Waals surface area contributed by atoms with Gasteiger partial charge < -0.3 is 50.5 Å². The number of amides is 3. The number of aromatic nitrogens is 2. The zero-order chi connectivity index (χ0) is 40.9. The summed E-state index contributed by atoms with van der Waals surface area (Å²) < 4.78 is 35.8. The zero-order valence-corrected chi connectivity index (χ0v) is 35.3. The molecule has 7 N–H and O–H groups in total. The molecule has 0 spiro atoms. The van der Waals surface area contributed by atoms with Crippen LogP contribution in [0.3, 0.4) is 0 Å². The molecule has 1 atom stereocenters. The van der Waals surface area contributed by atoms with E-state index in [2.05, 4.69) is 25.9 Å². The SMILES string of the molecule is CP(C)(=O)CNC(=O)COc1ccc(CCC[N+]2(CCCc3ccc(OCC(=O)NCP(C)(C)=O)cc3)CCC[C@H](NC(=O)c3nc(Cl)c(N)nc3N)C2)cc1. The van der Waals surface area contributed by atoms with Gasteiger partial charge in [-0.05, 0) is 87.7 Å². The van der Waals surface area contributed by atoms with Crippen molar-refractivity contribution in [2.45, 2.75) is 44.6 Å². The van der Waals surface area contributed by atoms with E-state index in [1.165, 1.54) is 0 Å². The summed E-state index contributed by atoms with van der Waals surface area (Å²) in [7, 11) is -4.71. The van der Waals surface area contributed by atoms with Gasteiger partial charge in [-0.2, -0.15) is 0 Å². The Labute approximate surface area is 334 Å². The molecule has 18 heteroatoms. The molecule has 1 saturated heterocycles. The Kier molecular flexibility index (Phi) is 16.2. The molecule has 0 radical (unpaired) electrons. The highest BCUT2D eigenvalue weighted by Gasteiger charge is 2.35. The lowest BCUT2D eigenvalue weighted by Crippen LogP contribution is -2.60. The summed E-state index contributed by atoms with van der Waals surface area (Å²) in [5.41, 5.74) is 13.9. The van der Waals surface area contributed by atoms with Crippen molar-refractivity contribution in [3.8, 4) is 11.5 Å². The van der Waals surface area contributed by atoms with E-state index in [0.717, 1.165) is 80.3 Å². The number of nitrogens with two attached hydrogens (primary N) is 2. The number of likely N-dealkylation sites (tertiary alicyclic amines) is 1. The third kappa shape index (κ3) is 15.4. The maximum atomic E-state index is 13.3. The van der Waals surface area contributed by atoms with Gasteiger partial charge in [-0.15, -0.1) is 0 Å². The van der Waals surface area contributed by atoms with Crippen molar-refractivity contribution in [2.75, 3.05) is 90.1 Å². The van der Waals surface area contributed by atoms with Crippen LogP contribution < -0.4 is 36.9 Å². The van der Waals surface area contributed by atoms with Gasteiger partial charge in [0.25, 0.3) is 17.7 Å². The molecule has 3 aromatic rings. The lowest BCUT2D eigenvalue weighted by molar-refractivity contribution is -0.933. The fourth-order valence-electron chi connectivity index (χ4n) is 6.52. The number of benzene rings is 2. The summed E-state index contributed by atoms with van der Waals surface area (Å²) in [6.45, 7) is 9.70. The number of nitrogens with zero attached hydrogens (tertiary/aromatic N) is 3. The third-order valence-corrected chi connectivity index (χ3v) is 11.5. The van der Waals surface area contributed by atoms with E-state index in [9.17, 15) is 23.5 Å². The predicted molar refractivity (Wildman–Crippen MR) is 222 cm³/mol. The van der Waals surface area contributed by atoms with E-state index >= 15 is 0 Å². The molecule has 56 heavy (non-hydrogen) atoms. The topological polar surface area (TPSA) is 218 Å². The molecule has 1 fully saturated rings. The van der Waals surface area contributed by atoms with Crippen molar-refractivity contribution in [1.29, 1.82) is 0 Å². The van der Waals surface area contributed by atoms with Crippen LogP contribution in [0, 0.1) is 0 Å². The summed E-state index contributed by atoms with van der Waals surface area (Å²) in [5, 5.41) is 8.33. The molecule has 15 nitrogen and oxygen atoms in total. The molecule has 306 valence electrons. The quantitative estimate of drug-likeness (QED) is 0.0793. The van der Waals surface area contributed by atoms with Gasteiger partial charge in [0, 0.05) is 12.8 Å². The minimum absolute atomic E-state index is 0.0343. The Morgan fingerprint density at radius 3 is 1.73 bits per heavy atom. The second-order valence-electron chi connectivity index (χ2n) is 15.4. The second kappa shape index (κ2) is 20.3. The number of aryl methyl sites for hydroxylation is 2. The average Bonchev–Trinajstić information content (AvgIpc) is 3.13. The number of carbonyl (C=O) groups is 3. The van der Waals surface area contributed by atoms with Crippen molar-refractivity contribution in [3.63, 3.8) is 0 Å². The lowest BCUT2D eigenvalue weighted by Gasteiger charge is -2.45. The number of quaternary nitrogens is 1. The number of hydrogen-bond donors (Lipinski definition) is 5.